The van der Waals surface area contributed by atoms with Crippen molar-refractivity contribution < 1.29 is 9.59 Å². The van der Waals surface area contributed by atoms with Crippen LogP contribution in [-0.4, -0.2) is 83.3 Å². The predicted molar refractivity (Wildman–Crippen MR) is 105 cm³/mol. The van der Waals surface area contributed by atoms with Gasteiger partial charge in [-0.1, -0.05) is 12.8 Å². The van der Waals surface area contributed by atoms with Gasteiger partial charge in [0.25, 0.3) is 5.91 Å². The second-order valence-corrected chi connectivity index (χ2v) is 9.27. The van der Waals surface area contributed by atoms with Gasteiger partial charge in [-0.15, -0.1) is 0 Å². The van der Waals surface area contributed by atoms with Gasteiger partial charge in [-0.25, -0.2) is 4.79 Å². The van der Waals surface area contributed by atoms with Crippen LogP contribution >= 0.6 is 0 Å². The van der Waals surface area contributed by atoms with Crippen LogP contribution in [-0.2, 0) is 4.79 Å². The maximum absolute atomic E-state index is 12.9. The van der Waals surface area contributed by atoms with Crippen molar-refractivity contribution in [1.82, 2.24) is 24.7 Å². The molecule has 8 heteroatoms. The highest BCUT2D eigenvalue weighted by Crippen LogP contribution is 2.44. The summed E-state index contributed by atoms with van der Waals surface area (Å²) < 4.78 is 0. The first-order chi connectivity index (χ1) is 13.4. The summed E-state index contributed by atoms with van der Waals surface area (Å²) in [4.78, 5) is 48.1. The molecule has 3 heterocycles. The van der Waals surface area contributed by atoms with E-state index in [-0.39, 0.29) is 28.8 Å². The predicted octanol–water partition coefficient (Wildman–Crippen LogP) is 0.746. The number of hydrogen-bond acceptors (Lipinski definition) is 4. The lowest BCUT2D eigenvalue weighted by Crippen LogP contribution is -2.44. The molecule has 28 heavy (non-hydrogen) atoms. The molecule has 0 spiro atoms. The number of nitrogens with zero attached hydrogens (tertiary/aromatic N) is 3. The number of carbonyl (C=O) groups excluding carboxylic acids is 2. The third-order valence-corrected chi connectivity index (χ3v) is 6.79. The van der Waals surface area contributed by atoms with Crippen LogP contribution in [0.25, 0.3) is 0 Å². The monoisotopic (exact) mass is 389 g/mol. The van der Waals surface area contributed by atoms with Gasteiger partial charge in [0.05, 0.1) is 0 Å². The molecule has 154 valence electrons. The van der Waals surface area contributed by atoms with Crippen molar-refractivity contribution in [3.63, 3.8) is 0 Å². The van der Waals surface area contributed by atoms with Crippen LogP contribution in [0.15, 0.2) is 11.0 Å². The minimum Gasteiger partial charge on any atom is -0.342 e. The van der Waals surface area contributed by atoms with Gasteiger partial charge in [0.15, 0.2) is 0 Å². The van der Waals surface area contributed by atoms with Crippen LogP contribution in [0.1, 0.15) is 42.6 Å². The second-order valence-electron chi connectivity index (χ2n) is 9.27. The van der Waals surface area contributed by atoms with E-state index in [2.05, 4.69) is 14.9 Å². The first kappa shape index (κ1) is 19.2. The summed E-state index contributed by atoms with van der Waals surface area (Å²) in [5, 5.41) is 0. The molecule has 0 unspecified atom stereocenters. The molecule has 8 nitrogen and oxygen atoms in total. The molecule has 1 aromatic rings. The molecule has 2 amide bonds. The molecule has 2 N–H and O–H groups in total. The van der Waals surface area contributed by atoms with Crippen LogP contribution < -0.4 is 5.69 Å². The van der Waals surface area contributed by atoms with E-state index in [1.165, 1.54) is 31.9 Å². The molecule has 0 aromatic carbocycles. The summed E-state index contributed by atoms with van der Waals surface area (Å²) in [5.41, 5.74) is -0.158. The van der Waals surface area contributed by atoms with Crippen LogP contribution in [0.2, 0.25) is 0 Å². The molecule has 2 saturated heterocycles. The van der Waals surface area contributed by atoms with Gasteiger partial charge >= 0.3 is 5.69 Å². The SMILES string of the molecule is CN(C)C[C@@]12CN(C(=O)CC3CCCC3)C[C@@H]1CN(C(=O)c1c[nH]c(=O)[nH]1)C2. The standard InChI is InChI=1S/C20H31N5O3/c1-23(2)11-20-12-24(17(26)7-14-5-3-4-6-14)9-15(20)10-25(13-20)18(27)16-8-21-19(28)22-16/h8,14-15H,3-7,9-13H2,1-2H3,(H2,21,22,28)/t15-,20+/m1/s1. The third kappa shape index (κ3) is 3.62. The fraction of sp³-hybridized carbons (Fsp3) is 0.750. The number of H-pyrrole nitrogens is 2. The number of aromatic nitrogens is 2. The molecule has 0 radical (unpaired) electrons. The quantitative estimate of drug-likeness (QED) is 0.777. The number of aromatic amines is 2. The summed E-state index contributed by atoms with van der Waals surface area (Å²) in [7, 11) is 4.09. The summed E-state index contributed by atoms with van der Waals surface area (Å²) in [6, 6.07) is 0. The van der Waals surface area contributed by atoms with Crippen molar-refractivity contribution in [2.24, 2.45) is 17.3 Å². The Morgan fingerprint density at radius 3 is 2.50 bits per heavy atom. The Labute approximate surface area is 165 Å². The third-order valence-electron chi connectivity index (χ3n) is 6.79. The van der Waals surface area contributed by atoms with Gasteiger partial charge in [-0.3, -0.25) is 9.59 Å². The number of carbonyl (C=O) groups is 2. The number of hydrogen-bond donors (Lipinski definition) is 2. The van der Waals surface area contributed by atoms with E-state index in [1.54, 1.807) is 0 Å². The van der Waals surface area contributed by atoms with Crippen LogP contribution in [0, 0.1) is 17.3 Å². The van der Waals surface area contributed by atoms with Gasteiger partial charge in [-0.05, 0) is 32.9 Å². The summed E-state index contributed by atoms with van der Waals surface area (Å²) in [6.07, 6.45) is 6.99. The van der Waals surface area contributed by atoms with E-state index in [0.29, 0.717) is 31.1 Å². The fourth-order valence-electron chi connectivity index (χ4n) is 5.59. The van der Waals surface area contributed by atoms with Gasteiger partial charge in [0.1, 0.15) is 5.69 Å². The van der Waals surface area contributed by atoms with Gasteiger partial charge in [-0.2, -0.15) is 0 Å². The highest BCUT2D eigenvalue weighted by molar-refractivity contribution is 5.92. The molecule has 2 atom stereocenters. The Bertz CT molecular complexity index is 794. The summed E-state index contributed by atoms with van der Waals surface area (Å²) in [6.45, 7) is 3.54. The van der Waals surface area contributed by atoms with E-state index in [1.807, 2.05) is 23.9 Å². The lowest BCUT2D eigenvalue weighted by atomic mass is 9.80. The Kier molecular flexibility index (Phi) is 5.07. The first-order valence-corrected chi connectivity index (χ1v) is 10.4. The zero-order valence-corrected chi connectivity index (χ0v) is 16.9. The lowest BCUT2D eigenvalue weighted by Gasteiger charge is -2.32. The number of amides is 2. The Hall–Kier alpha value is -2.09. The highest BCUT2D eigenvalue weighted by atomic mass is 16.2. The second kappa shape index (κ2) is 7.39. The van der Waals surface area contributed by atoms with Crippen molar-refractivity contribution in [3.05, 3.63) is 22.4 Å². The number of rotatable bonds is 5. The van der Waals surface area contributed by atoms with Gasteiger partial charge in [0, 0.05) is 56.7 Å². The topological polar surface area (TPSA) is 92.5 Å². The fourth-order valence-corrected chi connectivity index (χ4v) is 5.59. The maximum atomic E-state index is 12.9. The largest absolute Gasteiger partial charge is 0.342 e. The maximum Gasteiger partial charge on any atom is 0.323 e. The summed E-state index contributed by atoms with van der Waals surface area (Å²) in [5.74, 6) is 0.972. The van der Waals surface area contributed by atoms with Gasteiger partial charge in [0.2, 0.25) is 5.91 Å². The van der Waals surface area contributed by atoms with E-state index in [0.717, 1.165) is 19.6 Å². The van der Waals surface area contributed by atoms with Crippen LogP contribution in [0.4, 0.5) is 0 Å². The van der Waals surface area contributed by atoms with E-state index in [9.17, 15) is 14.4 Å². The van der Waals surface area contributed by atoms with Gasteiger partial charge < -0.3 is 24.7 Å². The Morgan fingerprint density at radius 2 is 1.86 bits per heavy atom. The lowest BCUT2D eigenvalue weighted by molar-refractivity contribution is -0.131. The molecular weight excluding hydrogens is 358 g/mol. The molecule has 1 aromatic heterocycles. The zero-order chi connectivity index (χ0) is 19.9. The number of nitrogens with one attached hydrogen (secondary N) is 2. The normalized spacial score (nSPS) is 27.8. The highest BCUT2D eigenvalue weighted by Gasteiger charge is 2.54. The first-order valence-electron chi connectivity index (χ1n) is 10.4. The summed E-state index contributed by atoms with van der Waals surface area (Å²) >= 11 is 0. The van der Waals surface area contributed by atoms with Crippen LogP contribution in [0.3, 0.4) is 0 Å². The van der Waals surface area contributed by atoms with Crippen LogP contribution in [0.5, 0.6) is 0 Å². The van der Waals surface area contributed by atoms with E-state index < -0.39 is 0 Å². The van der Waals surface area contributed by atoms with Crippen molar-refractivity contribution in [2.45, 2.75) is 32.1 Å². The molecule has 1 saturated carbocycles. The molecule has 2 aliphatic heterocycles. The number of likely N-dealkylation sites (tertiary alicyclic amines) is 2. The van der Waals surface area contributed by atoms with Crippen molar-refractivity contribution in [1.29, 1.82) is 0 Å². The minimum absolute atomic E-state index is 0.0961. The Balaban J connectivity index is 1.46. The molecule has 3 aliphatic rings. The van der Waals surface area contributed by atoms with E-state index >= 15 is 0 Å². The molecular formula is C20H31N5O3. The van der Waals surface area contributed by atoms with Crippen molar-refractivity contribution in [3.8, 4) is 0 Å². The number of imidazole rings is 1. The van der Waals surface area contributed by atoms with E-state index in [4.69, 9.17) is 0 Å². The zero-order valence-electron chi connectivity index (χ0n) is 16.9. The average Bonchev–Trinajstić information content (AvgIpc) is 3.37. The Morgan fingerprint density at radius 1 is 1.18 bits per heavy atom. The smallest absolute Gasteiger partial charge is 0.323 e. The molecule has 0 bridgehead atoms. The van der Waals surface area contributed by atoms with Crippen molar-refractivity contribution in [2.75, 3.05) is 46.8 Å². The minimum atomic E-state index is -0.366. The number of fused-ring (bicyclic) bond motifs is 1. The average molecular weight is 390 g/mol. The molecule has 1 aliphatic carbocycles. The van der Waals surface area contributed by atoms with Crippen molar-refractivity contribution >= 4 is 11.8 Å². The molecule has 4 rings (SSSR count). The molecule has 3 fully saturated rings.